The summed E-state index contributed by atoms with van der Waals surface area (Å²) in [5.74, 6) is 0.842. The minimum atomic E-state index is -0.257. The smallest absolute Gasteiger partial charge is 0.223 e. The number of benzene rings is 2. The maximum atomic E-state index is 13.0. The first kappa shape index (κ1) is 21.9. The van der Waals surface area contributed by atoms with Gasteiger partial charge in [-0.1, -0.05) is 51.1 Å². The lowest BCUT2D eigenvalue weighted by molar-refractivity contribution is -0.124. The summed E-state index contributed by atoms with van der Waals surface area (Å²) in [5.41, 5.74) is 2.14. The average Bonchev–Trinajstić information content (AvgIpc) is 2.69. The van der Waals surface area contributed by atoms with Gasteiger partial charge in [0, 0.05) is 12.5 Å². The zero-order valence-corrected chi connectivity index (χ0v) is 17.4. The van der Waals surface area contributed by atoms with E-state index in [2.05, 4.69) is 32.2 Å². The minimum absolute atomic E-state index is 0.0281. The van der Waals surface area contributed by atoms with Gasteiger partial charge in [0.1, 0.15) is 11.6 Å². The van der Waals surface area contributed by atoms with Crippen LogP contribution in [0.5, 0.6) is 5.75 Å². The van der Waals surface area contributed by atoms with Gasteiger partial charge in [-0.2, -0.15) is 0 Å². The normalized spacial score (nSPS) is 14.2. The summed E-state index contributed by atoms with van der Waals surface area (Å²) in [7, 11) is 0. The van der Waals surface area contributed by atoms with E-state index in [-0.39, 0.29) is 23.7 Å². The molecule has 0 aliphatic heterocycles. The minimum Gasteiger partial charge on any atom is -0.490 e. The van der Waals surface area contributed by atoms with Gasteiger partial charge in [-0.15, -0.1) is 0 Å². The third kappa shape index (κ3) is 6.99. The lowest BCUT2D eigenvalue weighted by atomic mass is 9.98. The van der Waals surface area contributed by atoms with Crippen molar-refractivity contribution >= 4 is 5.91 Å². The zero-order chi connectivity index (χ0) is 20.5. The highest BCUT2D eigenvalue weighted by atomic mass is 19.1. The molecule has 0 bridgehead atoms. The van der Waals surface area contributed by atoms with E-state index in [0.29, 0.717) is 18.9 Å². The summed E-state index contributed by atoms with van der Waals surface area (Å²) in [6.45, 7) is 8.83. The van der Waals surface area contributed by atoms with Crippen LogP contribution in [0.4, 0.5) is 4.39 Å². The molecule has 3 atom stereocenters. The molecule has 0 saturated heterocycles. The fourth-order valence-electron chi connectivity index (χ4n) is 3.05. The molecule has 0 aromatic heterocycles. The number of carbonyl (C=O) groups is 1. The third-order valence-corrected chi connectivity index (χ3v) is 4.97. The van der Waals surface area contributed by atoms with Crippen LogP contribution in [0.2, 0.25) is 0 Å². The van der Waals surface area contributed by atoms with Gasteiger partial charge in [0.2, 0.25) is 5.91 Å². The first-order valence-corrected chi connectivity index (χ1v) is 10.2. The Morgan fingerprint density at radius 1 is 1.04 bits per heavy atom. The first-order valence-electron chi connectivity index (χ1n) is 10.2. The van der Waals surface area contributed by atoms with Gasteiger partial charge in [-0.25, -0.2) is 4.39 Å². The fourth-order valence-corrected chi connectivity index (χ4v) is 3.05. The molecule has 0 spiro atoms. The number of nitrogens with one attached hydrogen (secondary N) is 1. The Bertz CT molecular complexity index is 745. The predicted molar refractivity (Wildman–Crippen MR) is 112 cm³/mol. The molecular formula is C24H32FNO2. The van der Waals surface area contributed by atoms with E-state index in [1.54, 1.807) is 12.1 Å². The van der Waals surface area contributed by atoms with Crippen molar-refractivity contribution in [2.24, 2.45) is 11.8 Å². The quantitative estimate of drug-likeness (QED) is 0.612. The number of ether oxygens (including phenoxy) is 1. The van der Waals surface area contributed by atoms with E-state index in [1.165, 1.54) is 17.7 Å². The van der Waals surface area contributed by atoms with Crippen molar-refractivity contribution in [2.45, 2.75) is 53.1 Å². The number of amides is 1. The van der Waals surface area contributed by atoms with Gasteiger partial charge >= 0.3 is 0 Å². The standard InChI is InChI=1S/C24H32FNO2/c1-5-19(4)28-23-9-7-6-8-21(23)14-17(2)16-26-24(27)18(3)15-20-10-12-22(25)13-11-20/h6-13,17-19H,5,14-16H2,1-4H3,(H,26,27)/t17-,18+,19+/m0/s1. The molecule has 1 N–H and O–H groups in total. The molecule has 28 heavy (non-hydrogen) atoms. The lowest BCUT2D eigenvalue weighted by Gasteiger charge is -2.19. The summed E-state index contributed by atoms with van der Waals surface area (Å²) in [5, 5.41) is 3.05. The van der Waals surface area contributed by atoms with Gasteiger partial charge < -0.3 is 10.1 Å². The highest BCUT2D eigenvalue weighted by Crippen LogP contribution is 2.23. The molecule has 0 radical (unpaired) electrons. The molecule has 2 aromatic carbocycles. The summed E-state index contributed by atoms with van der Waals surface area (Å²) in [6.07, 6.45) is 2.60. The molecule has 152 valence electrons. The van der Waals surface area contributed by atoms with E-state index < -0.39 is 0 Å². The van der Waals surface area contributed by atoms with Crippen LogP contribution in [0.25, 0.3) is 0 Å². The lowest BCUT2D eigenvalue weighted by Crippen LogP contribution is -2.34. The van der Waals surface area contributed by atoms with Crippen molar-refractivity contribution in [1.29, 1.82) is 0 Å². The number of para-hydroxylation sites is 1. The van der Waals surface area contributed by atoms with Crippen molar-refractivity contribution < 1.29 is 13.9 Å². The van der Waals surface area contributed by atoms with Crippen LogP contribution in [0.1, 0.15) is 45.2 Å². The molecule has 2 aromatic rings. The molecule has 3 nitrogen and oxygen atoms in total. The first-order chi connectivity index (χ1) is 13.4. The van der Waals surface area contributed by atoms with E-state index >= 15 is 0 Å². The Morgan fingerprint density at radius 3 is 2.39 bits per heavy atom. The summed E-state index contributed by atoms with van der Waals surface area (Å²) in [6, 6.07) is 14.4. The molecule has 0 aliphatic carbocycles. The molecule has 0 fully saturated rings. The van der Waals surface area contributed by atoms with Gasteiger partial charge in [0.15, 0.2) is 0 Å². The van der Waals surface area contributed by atoms with Crippen LogP contribution in [0, 0.1) is 17.7 Å². The summed E-state index contributed by atoms with van der Waals surface area (Å²) in [4.78, 5) is 12.4. The Balaban J connectivity index is 1.84. The molecular weight excluding hydrogens is 353 g/mol. The maximum Gasteiger partial charge on any atom is 0.223 e. The Hall–Kier alpha value is -2.36. The van der Waals surface area contributed by atoms with Gasteiger partial charge in [-0.05, 0) is 61.4 Å². The topological polar surface area (TPSA) is 38.3 Å². The monoisotopic (exact) mass is 385 g/mol. The van der Waals surface area contributed by atoms with E-state index in [4.69, 9.17) is 4.74 Å². The van der Waals surface area contributed by atoms with Crippen molar-refractivity contribution in [1.82, 2.24) is 5.32 Å². The van der Waals surface area contributed by atoms with E-state index in [9.17, 15) is 9.18 Å². The van der Waals surface area contributed by atoms with Crippen molar-refractivity contribution in [3.63, 3.8) is 0 Å². The molecule has 1 amide bonds. The van der Waals surface area contributed by atoms with Gasteiger partial charge in [0.25, 0.3) is 0 Å². The van der Waals surface area contributed by atoms with Gasteiger partial charge in [-0.3, -0.25) is 4.79 Å². The summed E-state index contributed by atoms with van der Waals surface area (Å²) >= 11 is 0. The fraction of sp³-hybridized carbons (Fsp3) is 0.458. The summed E-state index contributed by atoms with van der Waals surface area (Å²) < 4.78 is 19.0. The SMILES string of the molecule is CC[C@@H](C)Oc1ccccc1C[C@H](C)CNC(=O)[C@H](C)Cc1ccc(F)cc1. The van der Waals surface area contributed by atoms with E-state index in [1.807, 2.05) is 25.1 Å². The largest absolute Gasteiger partial charge is 0.490 e. The molecule has 0 saturated carbocycles. The zero-order valence-electron chi connectivity index (χ0n) is 17.4. The van der Waals surface area contributed by atoms with Crippen LogP contribution in [-0.2, 0) is 17.6 Å². The molecule has 0 unspecified atom stereocenters. The van der Waals surface area contributed by atoms with Crippen molar-refractivity contribution in [3.8, 4) is 5.75 Å². The van der Waals surface area contributed by atoms with Crippen LogP contribution in [-0.4, -0.2) is 18.6 Å². The second-order valence-corrected chi connectivity index (χ2v) is 7.73. The predicted octanol–water partition coefficient (Wildman–Crippen LogP) is 5.18. The number of halogens is 1. The second kappa shape index (κ2) is 10.8. The Morgan fingerprint density at radius 2 is 1.71 bits per heavy atom. The number of carbonyl (C=O) groups excluding carboxylic acids is 1. The van der Waals surface area contributed by atoms with E-state index in [0.717, 1.165) is 24.2 Å². The molecule has 2 rings (SSSR count). The van der Waals surface area contributed by atoms with Crippen molar-refractivity contribution in [3.05, 3.63) is 65.5 Å². The molecule has 0 aliphatic rings. The van der Waals surface area contributed by atoms with Crippen LogP contribution in [0.15, 0.2) is 48.5 Å². The number of hydrogen-bond donors (Lipinski definition) is 1. The van der Waals surface area contributed by atoms with Crippen molar-refractivity contribution in [2.75, 3.05) is 6.54 Å². The average molecular weight is 386 g/mol. The molecule has 0 heterocycles. The van der Waals surface area contributed by atoms with Crippen LogP contribution < -0.4 is 10.1 Å². The molecule has 4 heteroatoms. The highest BCUT2D eigenvalue weighted by Gasteiger charge is 2.16. The van der Waals surface area contributed by atoms with Crippen LogP contribution >= 0.6 is 0 Å². The Labute approximate surface area is 168 Å². The number of rotatable bonds is 10. The highest BCUT2D eigenvalue weighted by molar-refractivity contribution is 5.78. The maximum absolute atomic E-state index is 13.0. The third-order valence-electron chi connectivity index (χ3n) is 4.97. The second-order valence-electron chi connectivity index (χ2n) is 7.73. The number of hydrogen-bond acceptors (Lipinski definition) is 2. The van der Waals surface area contributed by atoms with Crippen LogP contribution in [0.3, 0.4) is 0 Å². The Kier molecular flexibility index (Phi) is 8.49. The van der Waals surface area contributed by atoms with Gasteiger partial charge in [0.05, 0.1) is 6.10 Å².